The highest BCUT2D eigenvalue weighted by Gasteiger charge is 2.20. The van der Waals surface area contributed by atoms with Gasteiger partial charge in [0, 0.05) is 56.9 Å². The van der Waals surface area contributed by atoms with Crippen molar-refractivity contribution in [3.8, 4) is 0 Å². The van der Waals surface area contributed by atoms with E-state index in [9.17, 15) is 9.59 Å². The van der Waals surface area contributed by atoms with Crippen LogP contribution < -0.4 is 20.9 Å². The maximum atomic E-state index is 11.7. The average Bonchev–Trinajstić information content (AvgIpc) is 2.79. The minimum absolute atomic E-state index is 0.0947. The normalized spacial score (nSPS) is 13.7. The monoisotopic (exact) mass is 468 g/mol. The van der Waals surface area contributed by atoms with Crippen LogP contribution in [0.4, 0.5) is 27.9 Å². The Labute approximate surface area is 196 Å². The van der Waals surface area contributed by atoms with Gasteiger partial charge >= 0.3 is 6.03 Å². The first-order valence-electron chi connectivity index (χ1n) is 10.7. The number of nitrogens with one attached hydrogen (secondary N) is 3. The molecule has 33 heavy (non-hydrogen) atoms. The first-order valence-corrected chi connectivity index (χ1v) is 11.1. The number of rotatable bonds is 5. The number of piperazine rings is 1. The molecule has 0 aliphatic carbocycles. The predicted octanol–water partition coefficient (Wildman–Crippen LogP) is 3.23. The van der Waals surface area contributed by atoms with E-state index in [0.29, 0.717) is 42.1 Å². The number of urea groups is 1. The summed E-state index contributed by atoms with van der Waals surface area (Å²) < 4.78 is 0. The first-order chi connectivity index (χ1) is 15.9. The molecule has 3 aromatic rings. The summed E-state index contributed by atoms with van der Waals surface area (Å²) in [6.45, 7) is 6.78. The van der Waals surface area contributed by atoms with Crippen LogP contribution in [-0.2, 0) is 4.79 Å². The fraction of sp³-hybridized carbons (Fsp3) is 0.318. The van der Waals surface area contributed by atoms with Gasteiger partial charge in [-0.25, -0.2) is 14.8 Å². The third-order valence-electron chi connectivity index (χ3n) is 5.29. The molecule has 3 N–H and O–H groups in total. The van der Waals surface area contributed by atoms with Gasteiger partial charge < -0.3 is 20.4 Å². The Kier molecular flexibility index (Phi) is 6.74. The van der Waals surface area contributed by atoms with Crippen molar-refractivity contribution in [3.05, 3.63) is 41.6 Å². The minimum atomic E-state index is -0.325. The van der Waals surface area contributed by atoms with Gasteiger partial charge in [0.2, 0.25) is 11.9 Å². The van der Waals surface area contributed by atoms with Gasteiger partial charge in [-0.1, -0.05) is 11.6 Å². The Balaban J connectivity index is 1.47. The number of halogens is 1. The molecule has 3 heterocycles. The number of anilines is 4. The van der Waals surface area contributed by atoms with Crippen molar-refractivity contribution in [1.82, 2.24) is 25.2 Å². The maximum absolute atomic E-state index is 11.7. The summed E-state index contributed by atoms with van der Waals surface area (Å²) in [4.78, 5) is 40.5. The predicted molar refractivity (Wildman–Crippen MR) is 129 cm³/mol. The van der Waals surface area contributed by atoms with Crippen molar-refractivity contribution >= 4 is 57.7 Å². The molecule has 1 aromatic carbocycles. The van der Waals surface area contributed by atoms with Gasteiger partial charge in [0.1, 0.15) is 5.82 Å². The summed E-state index contributed by atoms with van der Waals surface area (Å²) in [5.41, 5.74) is 2.11. The Hall–Kier alpha value is -3.66. The SMILES string of the molecule is CCNC(=O)Nc1ccc2cnc(Nc3ccc(N4CCN(C(C)=O)CC4)c(Cl)c3)nc2n1. The van der Waals surface area contributed by atoms with Crippen molar-refractivity contribution in [2.45, 2.75) is 13.8 Å². The van der Waals surface area contributed by atoms with Gasteiger partial charge in [0.15, 0.2) is 5.65 Å². The van der Waals surface area contributed by atoms with Crippen molar-refractivity contribution in [3.63, 3.8) is 0 Å². The number of hydrogen-bond acceptors (Lipinski definition) is 7. The first kappa shape index (κ1) is 22.5. The van der Waals surface area contributed by atoms with E-state index in [1.807, 2.05) is 30.0 Å². The van der Waals surface area contributed by atoms with E-state index in [4.69, 9.17) is 11.6 Å². The summed E-state index contributed by atoms with van der Waals surface area (Å²) in [7, 11) is 0. The molecule has 11 heteroatoms. The lowest BCUT2D eigenvalue weighted by atomic mass is 10.2. The lowest BCUT2D eigenvalue weighted by molar-refractivity contribution is -0.129. The van der Waals surface area contributed by atoms with Crippen molar-refractivity contribution in [1.29, 1.82) is 0 Å². The van der Waals surface area contributed by atoms with Gasteiger partial charge in [0.05, 0.1) is 10.7 Å². The van der Waals surface area contributed by atoms with Gasteiger partial charge in [-0.3, -0.25) is 10.1 Å². The van der Waals surface area contributed by atoms with E-state index in [1.165, 1.54) is 0 Å². The molecule has 0 unspecified atom stereocenters. The zero-order chi connectivity index (χ0) is 23.4. The number of aromatic nitrogens is 3. The molecule has 0 saturated carbocycles. The third-order valence-corrected chi connectivity index (χ3v) is 5.59. The molecule has 1 saturated heterocycles. The van der Waals surface area contributed by atoms with E-state index in [2.05, 4.69) is 35.8 Å². The number of nitrogens with zero attached hydrogens (tertiary/aromatic N) is 5. The lowest BCUT2D eigenvalue weighted by Crippen LogP contribution is -2.48. The number of carbonyl (C=O) groups excluding carboxylic acids is 2. The van der Waals surface area contributed by atoms with Crippen LogP contribution in [0, 0.1) is 0 Å². The third kappa shape index (κ3) is 5.40. The van der Waals surface area contributed by atoms with Crippen LogP contribution in [0.2, 0.25) is 5.02 Å². The highest BCUT2D eigenvalue weighted by molar-refractivity contribution is 6.33. The van der Waals surface area contributed by atoms with E-state index in [1.54, 1.807) is 25.3 Å². The molecule has 1 fully saturated rings. The van der Waals surface area contributed by atoms with E-state index in [0.717, 1.165) is 29.9 Å². The fourth-order valence-electron chi connectivity index (χ4n) is 3.59. The second kappa shape index (κ2) is 9.86. The van der Waals surface area contributed by atoms with Crippen LogP contribution in [0.25, 0.3) is 11.0 Å². The Morgan fingerprint density at radius 2 is 1.88 bits per heavy atom. The average molecular weight is 469 g/mol. The molecule has 2 aromatic heterocycles. The number of pyridine rings is 1. The summed E-state index contributed by atoms with van der Waals surface area (Å²) >= 11 is 6.56. The lowest BCUT2D eigenvalue weighted by Gasteiger charge is -2.36. The number of fused-ring (bicyclic) bond motifs is 1. The molecule has 0 radical (unpaired) electrons. The smallest absolute Gasteiger partial charge is 0.320 e. The topological polar surface area (TPSA) is 115 Å². The highest BCUT2D eigenvalue weighted by atomic mass is 35.5. The van der Waals surface area contributed by atoms with E-state index in [-0.39, 0.29) is 11.9 Å². The van der Waals surface area contributed by atoms with E-state index >= 15 is 0 Å². The molecule has 3 amide bonds. The van der Waals surface area contributed by atoms with Crippen molar-refractivity contribution in [2.24, 2.45) is 0 Å². The van der Waals surface area contributed by atoms with Crippen LogP contribution in [0.3, 0.4) is 0 Å². The molecule has 10 nitrogen and oxygen atoms in total. The standard InChI is InChI=1S/C22H25ClN8O2/c1-3-24-22(33)28-19-7-4-15-13-25-21(29-20(15)27-19)26-16-5-6-18(17(23)12-16)31-10-8-30(9-11-31)14(2)32/h4-7,12-13H,3,8-11H2,1-2H3,(H3,24,25,26,27,28,29,33). The summed E-state index contributed by atoms with van der Waals surface area (Å²) in [5, 5.41) is 9.83. The molecule has 1 aliphatic rings. The Bertz CT molecular complexity index is 1180. The zero-order valence-corrected chi connectivity index (χ0v) is 19.2. The molecule has 1 aliphatic heterocycles. The molecule has 0 atom stereocenters. The molecule has 4 rings (SSSR count). The quantitative estimate of drug-likeness (QED) is 0.526. The Morgan fingerprint density at radius 1 is 1.09 bits per heavy atom. The molecule has 172 valence electrons. The van der Waals surface area contributed by atoms with E-state index < -0.39 is 0 Å². The summed E-state index contributed by atoms with van der Waals surface area (Å²) in [6.07, 6.45) is 1.66. The Morgan fingerprint density at radius 3 is 2.58 bits per heavy atom. The van der Waals surface area contributed by atoms with Crippen LogP contribution in [0.1, 0.15) is 13.8 Å². The molecular formula is C22H25ClN8O2. The van der Waals surface area contributed by atoms with Gasteiger partial charge in [-0.15, -0.1) is 0 Å². The molecule has 0 bridgehead atoms. The van der Waals surface area contributed by atoms with Gasteiger partial charge in [-0.2, -0.15) is 4.98 Å². The second-order valence-electron chi connectivity index (χ2n) is 7.57. The number of amides is 3. The zero-order valence-electron chi connectivity index (χ0n) is 18.4. The molecular weight excluding hydrogens is 444 g/mol. The summed E-state index contributed by atoms with van der Waals surface area (Å²) in [5.74, 6) is 0.858. The number of hydrogen-bond donors (Lipinski definition) is 3. The van der Waals surface area contributed by atoms with Gasteiger partial charge in [0.25, 0.3) is 0 Å². The largest absolute Gasteiger partial charge is 0.367 e. The van der Waals surface area contributed by atoms with Gasteiger partial charge in [-0.05, 0) is 37.3 Å². The summed E-state index contributed by atoms with van der Waals surface area (Å²) in [6, 6.07) is 8.85. The highest BCUT2D eigenvalue weighted by Crippen LogP contribution is 2.30. The minimum Gasteiger partial charge on any atom is -0.367 e. The van der Waals surface area contributed by atoms with Crippen LogP contribution in [0.5, 0.6) is 0 Å². The fourth-order valence-corrected chi connectivity index (χ4v) is 3.89. The second-order valence-corrected chi connectivity index (χ2v) is 7.98. The maximum Gasteiger partial charge on any atom is 0.320 e. The number of benzene rings is 1. The van der Waals surface area contributed by atoms with Crippen molar-refractivity contribution < 1.29 is 9.59 Å². The molecule has 0 spiro atoms. The van der Waals surface area contributed by atoms with Crippen LogP contribution >= 0.6 is 11.6 Å². The van der Waals surface area contributed by atoms with Crippen LogP contribution in [-0.4, -0.2) is 64.5 Å². The number of carbonyl (C=O) groups is 2. The van der Waals surface area contributed by atoms with Crippen LogP contribution in [0.15, 0.2) is 36.5 Å². The van der Waals surface area contributed by atoms with Crippen molar-refractivity contribution in [2.75, 3.05) is 48.3 Å².